The number of nitrogens with zero attached hydrogens (tertiary/aromatic N) is 5. The fourth-order valence-electron chi connectivity index (χ4n) is 6.47. The molecule has 2 aliphatic carbocycles. The van der Waals surface area contributed by atoms with Gasteiger partial charge >= 0.3 is 0 Å². The van der Waals surface area contributed by atoms with Gasteiger partial charge in [-0.25, -0.2) is 9.97 Å². The number of hydrogen-bond acceptors (Lipinski definition) is 8. The maximum Gasteiger partial charge on any atom is 0.141 e. The minimum absolute atomic E-state index is 0. The molecule has 0 atom stereocenters. The van der Waals surface area contributed by atoms with Crippen molar-refractivity contribution in [2.45, 2.75) is 100 Å². The Morgan fingerprint density at radius 3 is 1.43 bits per heavy atom. The van der Waals surface area contributed by atoms with Crippen molar-refractivity contribution in [3.05, 3.63) is 73.8 Å². The number of halogens is 1. The smallest absolute Gasteiger partial charge is 0.141 e. The van der Waals surface area contributed by atoms with Crippen molar-refractivity contribution in [1.29, 1.82) is 0 Å². The third-order valence-electron chi connectivity index (χ3n) is 9.04. The van der Waals surface area contributed by atoms with Gasteiger partial charge in [0, 0.05) is 37.7 Å². The largest absolute Gasteiger partial charge is 0.361 e. The van der Waals surface area contributed by atoms with E-state index < -0.39 is 0 Å². The van der Waals surface area contributed by atoms with E-state index in [0.717, 1.165) is 101 Å². The van der Waals surface area contributed by atoms with E-state index in [9.17, 15) is 0 Å². The quantitative estimate of drug-likeness (QED) is 0.165. The van der Waals surface area contributed by atoms with Crippen molar-refractivity contribution in [2.75, 3.05) is 0 Å². The summed E-state index contributed by atoms with van der Waals surface area (Å²) >= 11 is 2.36. The fraction of sp³-hybridized carbons (Fsp3) is 0.395. The van der Waals surface area contributed by atoms with Crippen molar-refractivity contribution >= 4 is 44.7 Å². The lowest BCUT2D eigenvalue weighted by atomic mass is 9.96. The van der Waals surface area contributed by atoms with Crippen molar-refractivity contribution in [3.8, 4) is 33.4 Å². The van der Waals surface area contributed by atoms with Crippen molar-refractivity contribution in [1.82, 2.24) is 35.4 Å². The molecule has 49 heavy (non-hydrogen) atoms. The van der Waals surface area contributed by atoms with Crippen LogP contribution in [0.3, 0.4) is 0 Å². The van der Waals surface area contributed by atoms with Gasteiger partial charge in [-0.05, 0) is 125 Å². The van der Waals surface area contributed by atoms with Gasteiger partial charge in [-0.3, -0.25) is 0 Å². The molecule has 9 rings (SSSR count). The maximum atomic E-state index is 5.42. The minimum atomic E-state index is 0. The second-order valence-electron chi connectivity index (χ2n) is 12.7. The number of nitrogens with one attached hydrogen (secondary N) is 2. The molecule has 0 radical (unpaired) electrons. The zero-order chi connectivity index (χ0) is 33.9. The standard InChI is InChI=1S/C20H20N4O2.C15H14IN3O.C2H6.CH4/c1-9-17(11(3)25-23-9)14-7-15(18-10(2)24-26-12(18)4)19-16(8-14)21-20(22-19)13-5-6-13;1-7-13(8(2)20-19-7)10-5-11(16)14-12(6-10)17-15(18-14)9-3-4-9;1-2;/h7-8,13H,5-6H2,1-4H3,(H,21,22);5-6,9H,3-4H2,1-2H3,(H,17,18);1-2H3;1H4. The average Bonchev–Trinajstić information content (AvgIpc) is 3.91. The predicted octanol–water partition coefficient (Wildman–Crippen LogP) is 11.0. The molecule has 0 bridgehead atoms. The molecule has 256 valence electrons. The number of H-pyrrole nitrogens is 2. The Hall–Kier alpha value is -4.26. The van der Waals surface area contributed by atoms with Crippen LogP contribution in [0, 0.1) is 45.1 Å². The SMILES string of the molecule is C.CC.Cc1noc(C)c1-c1cc(-c2c(C)noc2C)c2nc(C3CC3)[nH]c2c1.Cc1noc(C)c1-c1cc(I)c2nc(C3CC3)[nH]c2c1. The van der Waals surface area contributed by atoms with Gasteiger partial charge in [0.2, 0.25) is 0 Å². The molecule has 5 heterocycles. The van der Waals surface area contributed by atoms with Crippen molar-refractivity contribution in [3.63, 3.8) is 0 Å². The van der Waals surface area contributed by atoms with Gasteiger partial charge in [-0.15, -0.1) is 0 Å². The third kappa shape index (κ3) is 6.44. The Kier molecular flexibility index (Phi) is 9.58. The zero-order valence-corrected chi connectivity index (χ0v) is 30.8. The van der Waals surface area contributed by atoms with E-state index in [-0.39, 0.29) is 7.43 Å². The molecule has 10 nitrogen and oxygen atoms in total. The number of hydrogen-bond donors (Lipinski definition) is 2. The lowest BCUT2D eigenvalue weighted by Gasteiger charge is -2.07. The van der Waals surface area contributed by atoms with Crippen LogP contribution in [0.4, 0.5) is 0 Å². The molecule has 2 saturated carbocycles. The highest BCUT2D eigenvalue weighted by Crippen LogP contribution is 2.43. The van der Waals surface area contributed by atoms with Gasteiger partial charge in [-0.1, -0.05) is 36.7 Å². The Bertz CT molecular complexity index is 2220. The van der Waals surface area contributed by atoms with Gasteiger partial charge in [0.05, 0.1) is 33.6 Å². The number of rotatable bonds is 5. The van der Waals surface area contributed by atoms with E-state index in [2.05, 4.69) is 72.3 Å². The van der Waals surface area contributed by atoms with Crippen LogP contribution in [0.25, 0.3) is 55.4 Å². The Morgan fingerprint density at radius 1 is 0.592 bits per heavy atom. The summed E-state index contributed by atoms with van der Waals surface area (Å²) in [4.78, 5) is 16.7. The van der Waals surface area contributed by atoms with Crippen LogP contribution in [0.15, 0.2) is 37.8 Å². The fourth-order valence-corrected chi connectivity index (χ4v) is 7.21. The van der Waals surface area contributed by atoms with Gasteiger partial charge in [0.25, 0.3) is 0 Å². The molecule has 5 aromatic heterocycles. The van der Waals surface area contributed by atoms with Gasteiger partial charge in [-0.2, -0.15) is 0 Å². The average molecular weight is 774 g/mol. The topological polar surface area (TPSA) is 135 Å². The first-order chi connectivity index (χ1) is 23.2. The summed E-state index contributed by atoms with van der Waals surface area (Å²) in [6.45, 7) is 15.7. The molecule has 0 unspecified atom stereocenters. The number of aryl methyl sites for hydroxylation is 6. The zero-order valence-electron chi connectivity index (χ0n) is 28.6. The minimum Gasteiger partial charge on any atom is -0.361 e. The molecule has 0 spiro atoms. The second kappa shape index (κ2) is 13.6. The highest BCUT2D eigenvalue weighted by atomic mass is 127. The van der Waals surface area contributed by atoms with E-state index in [4.69, 9.17) is 23.5 Å². The highest BCUT2D eigenvalue weighted by molar-refractivity contribution is 14.1. The maximum absolute atomic E-state index is 5.42. The molecule has 0 amide bonds. The lowest BCUT2D eigenvalue weighted by molar-refractivity contribution is 0.393. The predicted molar refractivity (Wildman–Crippen MR) is 202 cm³/mol. The Balaban J connectivity index is 0.000000163. The number of imidazole rings is 2. The van der Waals surface area contributed by atoms with Crippen molar-refractivity contribution < 1.29 is 13.6 Å². The summed E-state index contributed by atoms with van der Waals surface area (Å²) < 4.78 is 17.3. The molecule has 2 aliphatic rings. The van der Waals surface area contributed by atoms with E-state index in [0.29, 0.717) is 11.8 Å². The van der Waals surface area contributed by atoms with Crippen LogP contribution in [-0.2, 0) is 0 Å². The lowest BCUT2D eigenvalue weighted by Crippen LogP contribution is -1.89. The van der Waals surface area contributed by atoms with Crippen LogP contribution >= 0.6 is 22.6 Å². The summed E-state index contributed by atoms with van der Waals surface area (Å²) in [6.07, 6.45) is 4.93. The van der Waals surface area contributed by atoms with Gasteiger partial charge in [0.15, 0.2) is 0 Å². The van der Waals surface area contributed by atoms with E-state index in [1.165, 1.54) is 29.3 Å². The van der Waals surface area contributed by atoms with Crippen LogP contribution in [-0.4, -0.2) is 35.4 Å². The summed E-state index contributed by atoms with van der Waals surface area (Å²) in [7, 11) is 0. The van der Waals surface area contributed by atoms with Gasteiger partial charge < -0.3 is 23.5 Å². The molecule has 2 aromatic carbocycles. The third-order valence-corrected chi connectivity index (χ3v) is 9.86. The molecule has 0 aliphatic heterocycles. The summed E-state index contributed by atoms with van der Waals surface area (Å²) in [5, 5.41) is 12.3. The number of aromatic nitrogens is 7. The normalized spacial score (nSPS) is 14.0. The summed E-state index contributed by atoms with van der Waals surface area (Å²) in [5.74, 6) is 5.88. The molecular formula is C38H44IN7O3. The first kappa shape index (κ1) is 34.6. The monoisotopic (exact) mass is 773 g/mol. The molecular weight excluding hydrogens is 729 g/mol. The van der Waals surface area contributed by atoms with E-state index >= 15 is 0 Å². The van der Waals surface area contributed by atoms with Crippen LogP contribution in [0.2, 0.25) is 0 Å². The van der Waals surface area contributed by atoms with Crippen molar-refractivity contribution in [2.24, 2.45) is 0 Å². The molecule has 2 N–H and O–H groups in total. The number of aromatic amines is 2. The Morgan fingerprint density at radius 2 is 1.00 bits per heavy atom. The van der Waals surface area contributed by atoms with Gasteiger partial charge in [0.1, 0.15) is 34.4 Å². The number of fused-ring (bicyclic) bond motifs is 2. The molecule has 0 saturated heterocycles. The molecule has 11 heteroatoms. The first-order valence-corrected chi connectivity index (χ1v) is 17.8. The number of benzene rings is 2. The van der Waals surface area contributed by atoms with E-state index in [1.54, 1.807) is 0 Å². The second-order valence-corrected chi connectivity index (χ2v) is 13.8. The van der Waals surface area contributed by atoms with Crippen LogP contribution in [0.5, 0.6) is 0 Å². The summed E-state index contributed by atoms with van der Waals surface area (Å²) in [6, 6.07) is 8.61. The Labute approximate surface area is 300 Å². The highest BCUT2D eigenvalue weighted by Gasteiger charge is 2.29. The molecule has 7 aromatic rings. The van der Waals surface area contributed by atoms with Crippen LogP contribution in [0.1, 0.15) is 105 Å². The van der Waals surface area contributed by atoms with E-state index in [1.807, 2.05) is 55.4 Å². The first-order valence-electron chi connectivity index (χ1n) is 16.7. The van der Waals surface area contributed by atoms with Crippen LogP contribution < -0.4 is 0 Å². The summed E-state index contributed by atoms with van der Waals surface area (Å²) in [5.41, 5.74) is 13.2. The molecule has 2 fully saturated rings.